The molecule has 1 aliphatic rings. The minimum absolute atomic E-state index is 0.0606. The van der Waals surface area contributed by atoms with Gasteiger partial charge in [0.2, 0.25) is 0 Å². The molecule has 1 fully saturated rings. The highest BCUT2D eigenvalue weighted by molar-refractivity contribution is 5.86. The van der Waals surface area contributed by atoms with Crippen molar-refractivity contribution < 1.29 is 9.53 Å². The third-order valence-corrected chi connectivity index (χ3v) is 2.37. The fourth-order valence-corrected chi connectivity index (χ4v) is 1.58. The SMILES string of the molecule is CCOC(=O)C1CCC(=NN)CC1. The van der Waals surface area contributed by atoms with Crippen LogP contribution in [-0.2, 0) is 9.53 Å². The zero-order valence-corrected chi connectivity index (χ0v) is 7.95. The summed E-state index contributed by atoms with van der Waals surface area (Å²) in [6, 6.07) is 0. The molecule has 0 amide bonds. The zero-order chi connectivity index (χ0) is 9.68. The predicted octanol–water partition coefficient (Wildman–Crippen LogP) is 1.05. The summed E-state index contributed by atoms with van der Waals surface area (Å²) >= 11 is 0. The Balaban J connectivity index is 2.36. The second kappa shape index (κ2) is 4.84. The second-order valence-electron chi connectivity index (χ2n) is 3.22. The van der Waals surface area contributed by atoms with E-state index in [1.165, 1.54) is 0 Å². The summed E-state index contributed by atoms with van der Waals surface area (Å²) in [6.07, 6.45) is 3.32. The molecule has 1 aliphatic carbocycles. The van der Waals surface area contributed by atoms with E-state index in [9.17, 15) is 4.79 Å². The lowest BCUT2D eigenvalue weighted by Crippen LogP contribution is -2.24. The molecule has 4 nitrogen and oxygen atoms in total. The maximum Gasteiger partial charge on any atom is 0.308 e. The van der Waals surface area contributed by atoms with Crippen LogP contribution in [0, 0.1) is 5.92 Å². The van der Waals surface area contributed by atoms with Gasteiger partial charge in [0.15, 0.2) is 0 Å². The van der Waals surface area contributed by atoms with E-state index in [4.69, 9.17) is 10.6 Å². The summed E-state index contributed by atoms with van der Waals surface area (Å²) in [5, 5.41) is 3.65. The molecular formula is C9H16N2O2. The van der Waals surface area contributed by atoms with E-state index in [-0.39, 0.29) is 11.9 Å². The summed E-state index contributed by atoms with van der Waals surface area (Å²) in [4.78, 5) is 11.3. The largest absolute Gasteiger partial charge is 0.466 e. The summed E-state index contributed by atoms with van der Waals surface area (Å²) in [5.41, 5.74) is 1.01. The number of nitrogens with two attached hydrogens (primary N) is 1. The van der Waals surface area contributed by atoms with Crippen LogP contribution < -0.4 is 5.84 Å². The van der Waals surface area contributed by atoms with Crippen molar-refractivity contribution in [2.45, 2.75) is 32.6 Å². The minimum Gasteiger partial charge on any atom is -0.466 e. The maximum atomic E-state index is 11.3. The third kappa shape index (κ3) is 2.72. The van der Waals surface area contributed by atoms with Crippen molar-refractivity contribution in [2.75, 3.05) is 6.61 Å². The van der Waals surface area contributed by atoms with Crippen molar-refractivity contribution in [3.05, 3.63) is 0 Å². The Hall–Kier alpha value is -1.06. The Labute approximate surface area is 78.1 Å². The van der Waals surface area contributed by atoms with Crippen LogP contribution in [0.4, 0.5) is 0 Å². The van der Waals surface area contributed by atoms with Gasteiger partial charge in [-0.05, 0) is 32.6 Å². The van der Waals surface area contributed by atoms with Gasteiger partial charge in [0.1, 0.15) is 0 Å². The lowest BCUT2D eigenvalue weighted by molar-refractivity contribution is -0.148. The average Bonchev–Trinajstić information content (AvgIpc) is 2.18. The molecule has 0 saturated heterocycles. The quantitative estimate of drug-likeness (QED) is 0.396. The van der Waals surface area contributed by atoms with Gasteiger partial charge in [-0.15, -0.1) is 0 Å². The first kappa shape index (κ1) is 10.0. The maximum absolute atomic E-state index is 11.3. The lowest BCUT2D eigenvalue weighted by Gasteiger charge is -2.20. The van der Waals surface area contributed by atoms with E-state index in [2.05, 4.69) is 5.10 Å². The number of ether oxygens (including phenoxy) is 1. The molecule has 4 heteroatoms. The van der Waals surface area contributed by atoms with Crippen LogP contribution in [0.15, 0.2) is 5.10 Å². The van der Waals surface area contributed by atoms with Crippen LogP contribution in [0.25, 0.3) is 0 Å². The molecule has 0 heterocycles. The molecule has 0 radical (unpaired) electrons. The molecule has 0 atom stereocenters. The van der Waals surface area contributed by atoms with E-state index in [0.29, 0.717) is 6.61 Å². The summed E-state index contributed by atoms with van der Waals surface area (Å²) in [5.74, 6) is 5.15. The average molecular weight is 184 g/mol. The van der Waals surface area contributed by atoms with Crippen molar-refractivity contribution in [2.24, 2.45) is 16.9 Å². The van der Waals surface area contributed by atoms with Crippen LogP contribution in [-0.4, -0.2) is 18.3 Å². The van der Waals surface area contributed by atoms with E-state index in [1.807, 2.05) is 6.92 Å². The van der Waals surface area contributed by atoms with Gasteiger partial charge in [-0.1, -0.05) is 0 Å². The molecule has 0 aromatic carbocycles. The highest BCUT2D eigenvalue weighted by atomic mass is 16.5. The van der Waals surface area contributed by atoms with Crippen molar-refractivity contribution in [3.8, 4) is 0 Å². The Morgan fingerprint density at radius 1 is 1.62 bits per heavy atom. The number of rotatable bonds is 2. The number of nitrogens with zero attached hydrogens (tertiary/aromatic N) is 1. The monoisotopic (exact) mass is 184 g/mol. The van der Waals surface area contributed by atoms with Crippen molar-refractivity contribution in [1.82, 2.24) is 0 Å². The Morgan fingerprint density at radius 3 is 2.69 bits per heavy atom. The lowest BCUT2D eigenvalue weighted by atomic mass is 9.88. The molecule has 13 heavy (non-hydrogen) atoms. The molecule has 1 rings (SSSR count). The summed E-state index contributed by atoms with van der Waals surface area (Å²) in [6.45, 7) is 2.29. The van der Waals surface area contributed by atoms with E-state index < -0.39 is 0 Å². The topological polar surface area (TPSA) is 64.7 Å². The van der Waals surface area contributed by atoms with Gasteiger partial charge in [0.25, 0.3) is 0 Å². The molecule has 0 unspecified atom stereocenters. The molecule has 0 bridgehead atoms. The van der Waals surface area contributed by atoms with Crippen LogP contribution in [0.3, 0.4) is 0 Å². The van der Waals surface area contributed by atoms with Crippen LogP contribution in [0.1, 0.15) is 32.6 Å². The van der Waals surface area contributed by atoms with E-state index in [1.54, 1.807) is 0 Å². The number of carbonyl (C=O) groups excluding carboxylic acids is 1. The molecule has 0 spiro atoms. The number of esters is 1. The van der Waals surface area contributed by atoms with Crippen LogP contribution in [0.5, 0.6) is 0 Å². The first-order chi connectivity index (χ1) is 6.27. The number of hydrogen-bond donors (Lipinski definition) is 1. The zero-order valence-electron chi connectivity index (χ0n) is 7.95. The van der Waals surface area contributed by atoms with Crippen LogP contribution in [0.2, 0.25) is 0 Å². The molecule has 0 aliphatic heterocycles. The first-order valence-corrected chi connectivity index (χ1v) is 4.70. The molecule has 1 saturated carbocycles. The predicted molar refractivity (Wildman–Crippen MR) is 50.2 cm³/mol. The highest BCUT2D eigenvalue weighted by Crippen LogP contribution is 2.23. The highest BCUT2D eigenvalue weighted by Gasteiger charge is 2.24. The van der Waals surface area contributed by atoms with E-state index >= 15 is 0 Å². The number of hydrazone groups is 1. The molecule has 0 aromatic rings. The minimum atomic E-state index is -0.0708. The van der Waals surface area contributed by atoms with Crippen molar-refractivity contribution in [1.29, 1.82) is 0 Å². The standard InChI is InChI=1S/C9H16N2O2/c1-2-13-9(12)7-3-5-8(11-10)6-4-7/h7H,2-6,10H2,1H3. The van der Waals surface area contributed by atoms with Crippen molar-refractivity contribution in [3.63, 3.8) is 0 Å². The smallest absolute Gasteiger partial charge is 0.308 e. The van der Waals surface area contributed by atoms with Gasteiger partial charge in [-0.3, -0.25) is 4.79 Å². The van der Waals surface area contributed by atoms with Gasteiger partial charge >= 0.3 is 5.97 Å². The normalized spacial score (nSPS) is 22.5. The summed E-state index contributed by atoms with van der Waals surface area (Å²) < 4.78 is 4.94. The van der Waals surface area contributed by atoms with Gasteiger partial charge in [-0.25, -0.2) is 0 Å². The molecule has 74 valence electrons. The summed E-state index contributed by atoms with van der Waals surface area (Å²) in [7, 11) is 0. The van der Waals surface area contributed by atoms with Gasteiger partial charge < -0.3 is 10.6 Å². The number of hydrogen-bond acceptors (Lipinski definition) is 4. The fourth-order valence-electron chi connectivity index (χ4n) is 1.58. The molecule has 2 N–H and O–H groups in total. The Bertz CT molecular complexity index is 204. The van der Waals surface area contributed by atoms with Crippen molar-refractivity contribution >= 4 is 11.7 Å². The first-order valence-electron chi connectivity index (χ1n) is 4.70. The third-order valence-electron chi connectivity index (χ3n) is 2.37. The molecule has 0 aromatic heterocycles. The number of carbonyl (C=O) groups is 1. The Morgan fingerprint density at radius 2 is 2.23 bits per heavy atom. The van der Waals surface area contributed by atoms with E-state index in [0.717, 1.165) is 31.4 Å². The fraction of sp³-hybridized carbons (Fsp3) is 0.778. The van der Waals surface area contributed by atoms with Gasteiger partial charge in [0, 0.05) is 5.71 Å². The Kier molecular flexibility index (Phi) is 3.73. The van der Waals surface area contributed by atoms with Gasteiger partial charge in [0.05, 0.1) is 12.5 Å². The van der Waals surface area contributed by atoms with Crippen LogP contribution >= 0.6 is 0 Å². The molecular weight excluding hydrogens is 168 g/mol. The van der Waals surface area contributed by atoms with Gasteiger partial charge in [-0.2, -0.15) is 5.10 Å². The second-order valence-corrected chi connectivity index (χ2v) is 3.22.